The van der Waals surface area contributed by atoms with E-state index in [9.17, 15) is 4.79 Å². The van der Waals surface area contributed by atoms with Crippen molar-refractivity contribution in [3.63, 3.8) is 0 Å². The fourth-order valence-corrected chi connectivity index (χ4v) is 2.12. The summed E-state index contributed by atoms with van der Waals surface area (Å²) in [4.78, 5) is 11.5. The van der Waals surface area contributed by atoms with E-state index in [0.29, 0.717) is 18.8 Å². The van der Waals surface area contributed by atoms with E-state index >= 15 is 0 Å². The van der Waals surface area contributed by atoms with E-state index < -0.39 is 0 Å². The average molecular weight is 294 g/mol. The lowest BCUT2D eigenvalue weighted by molar-refractivity contribution is -0.139. The van der Waals surface area contributed by atoms with Crippen molar-refractivity contribution < 1.29 is 14.3 Å². The minimum absolute atomic E-state index is 0.114. The van der Waals surface area contributed by atoms with Crippen molar-refractivity contribution in [1.82, 2.24) is 0 Å². The zero-order valence-electron chi connectivity index (χ0n) is 13.4. The molecule has 0 radical (unpaired) electrons. The van der Waals surface area contributed by atoms with E-state index in [0.717, 1.165) is 6.42 Å². The van der Waals surface area contributed by atoms with E-state index in [1.807, 2.05) is 6.08 Å². The summed E-state index contributed by atoms with van der Waals surface area (Å²) in [6.07, 6.45) is 15.5. The number of carbonyl (C=O) groups is 1. The highest BCUT2D eigenvalue weighted by Crippen LogP contribution is 2.11. The lowest BCUT2D eigenvalue weighted by atomic mass is 10.1. The quantitative estimate of drug-likeness (QED) is 0.164. The van der Waals surface area contributed by atoms with E-state index in [-0.39, 0.29) is 12.1 Å². The van der Waals surface area contributed by atoms with Gasteiger partial charge in [-0.1, -0.05) is 70.6 Å². The van der Waals surface area contributed by atoms with Gasteiger partial charge in [0.2, 0.25) is 0 Å². The second-order valence-electron chi connectivity index (χ2n) is 5.74. The van der Waals surface area contributed by atoms with Crippen LogP contribution in [0.5, 0.6) is 0 Å². The van der Waals surface area contributed by atoms with Crippen LogP contribution in [0.3, 0.4) is 0 Å². The summed E-state index contributed by atoms with van der Waals surface area (Å²) in [5, 5.41) is 0. The second kappa shape index (κ2) is 11.6. The molecular weight excluding hydrogens is 264 g/mol. The molecule has 1 heterocycles. The first-order chi connectivity index (χ1) is 10.2. The minimum atomic E-state index is -0.335. The molecule has 0 aromatic heterocycles. The highest BCUT2D eigenvalue weighted by molar-refractivity contribution is 5.90. The Hall–Kier alpha value is -1.09. The Morgan fingerprint density at radius 2 is 1.81 bits per heavy atom. The molecule has 1 aliphatic rings. The minimum Gasteiger partial charge on any atom is -0.459 e. The van der Waals surface area contributed by atoms with Gasteiger partial charge in [0, 0.05) is 0 Å². The van der Waals surface area contributed by atoms with Crippen molar-refractivity contribution in [3.05, 3.63) is 24.3 Å². The topological polar surface area (TPSA) is 38.8 Å². The van der Waals surface area contributed by atoms with E-state index in [1.165, 1.54) is 51.4 Å². The van der Waals surface area contributed by atoms with Crippen LogP contribution in [-0.2, 0) is 14.3 Å². The normalized spacial score (nSPS) is 17.1. The Kier molecular flexibility index (Phi) is 9.88. The van der Waals surface area contributed by atoms with Gasteiger partial charge in [0.05, 0.1) is 12.2 Å². The van der Waals surface area contributed by atoms with Crippen molar-refractivity contribution in [3.8, 4) is 0 Å². The molecule has 0 aromatic rings. The lowest BCUT2D eigenvalue weighted by Gasteiger charge is -2.02. The predicted octanol–water partition coefficient (Wildman–Crippen LogP) is 4.57. The van der Waals surface area contributed by atoms with Crippen LogP contribution >= 0.6 is 0 Å². The van der Waals surface area contributed by atoms with Gasteiger partial charge in [-0.15, -0.1) is 0 Å². The van der Waals surface area contributed by atoms with Crippen LogP contribution in [0.25, 0.3) is 0 Å². The standard InChI is InChI=1S/C18H30O3/c1-3-4-5-6-7-8-9-10-11-12-13-16(2)18(19)21-15-17-14-20-17/h12-13,17H,2-11,14-15H2,1H3. The summed E-state index contributed by atoms with van der Waals surface area (Å²) >= 11 is 0. The van der Waals surface area contributed by atoms with Gasteiger partial charge in [-0.05, 0) is 12.8 Å². The van der Waals surface area contributed by atoms with Gasteiger partial charge in [0.1, 0.15) is 12.7 Å². The zero-order chi connectivity index (χ0) is 15.3. The summed E-state index contributed by atoms with van der Waals surface area (Å²) in [6, 6.07) is 0. The molecule has 0 saturated carbocycles. The molecule has 1 rings (SSSR count). The molecular formula is C18H30O3. The molecule has 3 heteroatoms. The van der Waals surface area contributed by atoms with E-state index in [2.05, 4.69) is 13.5 Å². The number of rotatable bonds is 13. The predicted molar refractivity (Wildman–Crippen MR) is 86.2 cm³/mol. The summed E-state index contributed by atoms with van der Waals surface area (Å²) < 4.78 is 10.0. The van der Waals surface area contributed by atoms with Crippen LogP contribution in [0.1, 0.15) is 64.7 Å². The Bertz CT molecular complexity index is 329. The molecule has 21 heavy (non-hydrogen) atoms. The van der Waals surface area contributed by atoms with Crippen LogP contribution in [0, 0.1) is 0 Å². The van der Waals surface area contributed by atoms with Crippen LogP contribution in [0.4, 0.5) is 0 Å². The Labute approximate surface area is 129 Å². The van der Waals surface area contributed by atoms with Crippen LogP contribution < -0.4 is 0 Å². The van der Waals surface area contributed by atoms with Gasteiger partial charge >= 0.3 is 5.97 Å². The van der Waals surface area contributed by atoms with E-state index in [1.54, 1.807) is 6.08 Å². The number of hydrogen-bond donors (Lipinski definition) is 0. The molecule has 0 bridgehead atoms. The maximum Gasteiger partial charge on any atom is 0.337 e. The fourth-order valence-electron chi connectivity index (χ4n) is 2.12. The number of allylic oxidation sites excluding steroid dienone is 1. The molecule has 0 spiro atoms. The molecule has 1 aliphatic heterocycles. The Balaban J connectivity index is 1.90. The summed E-state index contributed by atoms with van der Waals surface area (Å²) in [5.74, 6) is -0.335. The Morgan fingerprint density at radius 1 is 1.19 bits per heavy atom. The van der Waals surface area contributed by atoms with Gasteiger partial charge in [-0.25, -0.2) is 4.79 Å². The average Bonchev–Trinajstić information content (AvgIpc) is 3.30. The molecule has 1 saturated heterocycles. The highest BCUT2D eigenvalue weighted by Gasteiger charge is 2.24. The van der Waals surface area contributed by atoms with Crippen molar-refractivity contribution in [2.75, 3.05) is 13.2 Å². The number of epoxide rings is 1. The number of hydrogen-bond acceptors (Lipinski definition) is 3. The van der Waals surface area contributed by atoms with Crippen molar-refractivity contribution in [2.24, 2.45) is 0 Å². The maximum absolute atomic E-state index is 11.5. The molecule has 0 amide bonds. The van der Waals surface area contributed by atoms with Gasteiger partial charge in [-0.3, -0.25) is 0 Å². The summed E-state index contributed by atoms with van der Waals surface area (Å²) in [5.41, 5.74) is 0.426. The zero-order valence-corrected chi connectivity index (χ0v) is 13.4. The van der Waals surface area contributed by atoms with Gasteiger partial charge < -0.3 is 9.47 Å². The lowest BCUT2D eigenvalue weighted by Crippen LogP contribution is -2.10. The largest absolute Gasteiger partial charge is 0.459 e. The third-order valence-electron chi connectivity index (χ3n) is 3.61. The first-order valence-electron chi connectivity index (χ1n) is 8.38. The first-order valence-corrected chi connectivity index (χ1v) is 8.38. The van der Waals surface area contributed by atoms with Gasteiger partial charge in [-0.2, -0.15) is 0 Å². The third-order valence-corrected chi connectivity index (χ3v) is 3.61. The van der Waals surface area contributed by atoms with Crippen LogP contribution in [0.15, 0.2) is 24.3 Å². The SMILES string of the molecule is C=C(C=CCCCCCCCCCC)C(=O)OCC1CO1. The molecule has 0 aliphatic carbocycles. The molecule has 120 valence electrons. The Morgan fingerprint density at radius 3 is 2.43 bits per heavy atom. The smallest absolute Gasteiger partial charge is 0.337 e. The van der Waals surface area contributed by atoms with Crippen molar-refractivity contribution in [1.29, 1.82) is 0 Å². The second-order valence-corrected chi connectivity index (χ2v) is 5.74. The number of ether oxygens (including phenoxy) is 2. The highest BCUT2D eigenvalue weighted by atomic mass is 16.6. The number of carbonyl (C=O) groups excluding carboxylic acids is 1. The molecule has 1 unspecified atom stereocenters. The maximum atomic E-state index is 11.5. The molecule has 0 N–H and O–H groups in total. The number of esters is 1. The molecule has 1 fully saturated rings. The van der Waals surface area contributed by atoms with Crippen molar-refractivity contribution >= 4 is 5.97 Å². The summed E-state index contributed by atoms with van der Waals surface area (Å²) in [7, 11) is 0. The summed E-state index contributed by atoms with van der Waals surface area (Å²) in [6.45, 7) is 7.03. The van der Waals surface area contributed by atoms with Gasteiger partial charge in [0.15, 0.2) is 0 Å². The first kappa shape index (κ1) is 18.0. The molecule has 1 atom stereocenters. The fraction of sp³-hybridized carbons (Fsp3) is 0.722. The van der Waals surface area contributed by atoms with Crippen molar-refractivity contribution in [2.45, 2.75) is 70.8 Å². The molecule has 0 aromatic carbocycles. The monoisotopic (exact) mass is 294 g/mol. The van der Waals surface area contributed by atoms with Crippen LogP contribution in [-0.4, -0.2) is 25.3 Å². The van der Waals surface area contributed by atoms with Gasteiger partial charge in [0.25, 0.3) is 0 Å². The molecule has 3 nitrogen and oxygen atoms in total. The number of unbranched alkanes of at least 4 members (excludes halogenated alkanes) is 8. The van der Waals surface area contributed by atoms with E-state index in [4.69, 9.17) is 9.47 Å². The third kappa shape index (κ3) is 10.3. The van der Waals surface area contributed by atoms with Crippen LogP contribution in [0.2, 0.25) is 0 Å².